The lowest BCUT2D eigenvalue weighted by atomic mass is 10.1. The van der Waals surface area contributed by atoms with Crippen LogP contribution in [0.5, 0.6) is 0 Å². The molecular formula is C9H12ClN3O. The van der Waals surface area contributed by atoms with Crippen molar-refractivity contribution in [3.05, 3.63) is 17.3 Å². The van der Waals surface area contributed by atoms with Crippen LogP contribution >= 0.6 is 11.6 Å². The van der Waals surface area contributed by atoms with Crippen molar-refractivity contribution in [3.63, 3.8) is 0 Å². The Hall–Kier alpha value is -0.870. The van der Waals surface area contributed by atoms with Gasteiger partial charge < -0.3 is 10.4 Å². The Bertz CT molecular complexity index is 310. The zero-order valence-electron chi connectivity index (χ0n) is 7.70. The first-order chi connectivity index (χ1) is 6.74. The lowest BCUT2D eigenvalue weighted by Crippen LogP contribution is -2.19. The zero-order valence-corrected chi connectivity index (χ0v) is 8.46. The Labute approximate surface area is 87.3 Å². The fourth-order valence-electron chi connectivity index (χ4n) is 1.26. The van der Waals surface area contributed by atoms with E-state index in [9.17, 15) is 0 Å². The van der Waals surface area contributed by atoms with Gasteiger partial charge in [0.1, 0.15) is 5.82 Å². The van der Waals surface area contributed by atoms with Gasteiger partial charge in [-0.05, 0) is 25.0 Å². The highest BCUT2D eigenvalue weighted by atomic mass is 35.5. The number of rotatable bonds is 4. The highest BCUT2D eigenvalue weighted by molar-refractivity contribution is 6.29. The maximum Gasteiger partial charge on any atom is 0.151 e. The predicted octanol–water partition coefficient (Wildman–Crippen LogP) is 1.31. The molecule has 0 spiro atoms. The first kappa shape index (κ1) is 9.68. The second-order valence-electron chi connectivity index (χ2n) is 3.75. The van der Waals surface area contributed by atoms with E-state index in [-0.39, 0.29) is 12.0 Å². The van der Waals surface area contributed by atoms with Crippen molar-refractivity contribution in [1.29, 1.82) is 0 Å². The molecule has 5 heteroatoms. The molecule has 2 rings (SSSR count). The summed E-state index contributed by atoms with van der Waals surface area (Å²) in [5.41, 5.74) is 0.0846. The van der Waals surface area contributed by atoms with Crippen molar-refractivity contribution in [2.45, 2.75) is 12.8 Å². The Morgan fingerprint density at radius 1 is 1.43 bits per heavy atom. The molecule has 76 valence electrons. The lowest BCUT2D eigenvalue weighted by molar-refractivity contribution is 0.219. The summed E-state index contributed by atoms with van der Waals surface area (Å²) in [6, 6.07) is 3.47. The van der Waals surface area contributed by atoms with Crippen molar-refractivity contribution in [3.8, 4) is 0 Å². The number of aromatic nitrogens is 2. The third kappa shape index (κ3) is 2.13. The van der Waals surface area contributed by atoms with Crippen molar-refractivity contribution >= 4 is 17.4 Å². The van der Waals surface area contributed by atoms with Crippen LogP contribution in [0, 0.1) is 5.41 Å². The molecule has 1 aromatic heterocycles. The van der Waals surface area contributed by atoms with Gasteiger partial charge in [0.15, 0.2) is 5.15 Å². The van der Waals surface area contributed by atoms with Crippen LogP contribution in [0.1, 0.15) is 12.8 Å². The molecule has 4 nitrogen and oxygen atoms in total. The molecule has 0 bridgehead atoms. The van der Waals surface area contributed by atoms with Crippen LogP contribution in [0.2, 0.25) is 5.15 Å². The molecule has 0 aliphatic heterocycles. The van der Waals surface area contributed by atoms with E-state index in [0.717, 1.165) is 19.4 Å². The fourth-order valence-corrected chi connectivity index (χ4v) is 1.36. The maximum absolute atomic E-state index is 9.08. The van der Waals surface area contributed by atoms with E-state index >= 15 is 0 Å². The Morgan fingerprint density at radius 3 is 2.71 bits per heavy atom. The molecule has 2 N–H and O–H groups in total. The van der Waals surface area contributed by atoms with E-state index in [1.54, 1.807) is 12.1 Å². The molecule has 1 aliphatic rings. The Balaban J connectivity index is 1.89. The van der Waals surface area contributed by atoms with Gasteiger partial charge in [-0.15, -0.1) is 10.2 Å². The van der Waals surface area contributed by atoms with E-state index < -0.39 is 0 Å². The first-order valence-corrected chi connectivity index (χ1v) is 4.96. The smallest absolute Gasteiger partial charge is 0.151 e. The van der Waals surface area contributed by atoms with Crippen molar-refractivity contribution < 1.29 is 5.11 Å². The summed E-state index contributed by atoms with van der Waals surface area (Å²) in [7, 11) is 0. The average molecular weight is 214 g/mol. The molecule has 0 aromatic carbocycles. The SMILES string of the molecule is OCC1(CNc2ccc(Cl)nn2)CC1. The van der Waals surface area contributed by atoms with E-state index in [2.05, 4.69) is 15.5 Å². The summed E-state index contributed by atoms with van der Waals surface area (Å²) in [6.45, 7) is 0.987. The van der Waals surface area contributed by atoms with Gasteiger partial charge in [-0.1, -0.05) is 11.6 Å². The number of nitrogens with zero attached hydrogens (tertiary/aromatic N) is 2. The van der Waals surface area contributed by atoms with Crippen LogP contribution in [0.25, 0.3) is 0 Å². The summed E-state index contributed by atoms with van der Waals surface area (Å²) in [4.78, 5) is 0. The second-order valence-corrected chi connectivity index (χ2v) is 4.14. The van der Waals surface area contributed by atoms with Crippen LogP contribution in [0.3, 0.4) is 0 Å². The van der Waals surface area contributed by atoms with E-state index in [1.165, 1.54) is 0 Å². The van der Waals surface area contributed by atoms with Gasteiger partial charge in [0.05, 0.1) is 6.61 Å². The molecule has 0 amide bonds. The van der Waals surface area contributed by atoms with Gasteiger partial charge >= 0.3 is 0 Å². The molecule has 0 atom stereocenters. The first-order valence-electron chi connectivity index (χ1n) is 4.58. The van der Waals surface area contributed by atoms with Crippen LogP contribution in [-0.2, 0) is 0 Å². The average Bonchev–Trinajstić information content (AvgIpc) is 2.98. The van der Waals surface area contributed by atoms with Gasteiger partial charge in [-0.2, -0.15) is 0 Å². The normalized spacial score (nSPS) is 17.9. The van der Waals surface area contributed by atoms with Crippen LogP contribution in [0.15, 0.2) is 12.1 Å². The summed E-state index contributed by atoms with van der Waals surface area (Å²) < 4.78 is 0. The maximum atomic E-state index is 9.08. The minimum atomic E-state index is 0.0846. The fraction of sp³-hybridized carbons (Fsp3) is 0.556. The highest BCUT2D eigenvalue weighted by Crippen LogP contribution is 2.44. The number of hydrogen-bond donors (Lipinski definition) is 2. The van der Waals surface area contributed by atoms with Crippen molar-refractivity contribution in [2.75, 3.05) is 18.5 Å². The Morgan fingerprint density at radius 2 is 2.21 bits per heavy atom. The van der Waals surface area contributed by atoms with Gasteiger partial charge in [-0.25, -0.2) is 0 Å². The minimum absolute atomic E-state index is 0.0846. The van der Waals surface area contributed by atoms with E-state index in [4.69, 9.17) is 16.7 Å². The Kier molecular flexibility index (Phi) is 2.56. The minimum Gasteiger partial charge on any atom is -0.396 e. The molecule has 0 saturated heterocycles. The van der Waals surface area contributed by atoms with Crippen LogP contribution in [0.4, 0.5) is 5.82 Å². The quantitative estimate of drug-likeness (QED) is 0.792. The molecule has 1 heterocycles. The van der Waals surface area contributed by atoms with Crippen molar-refractivity contribution in [1.82, 2.24) is 10.2 Å². The number of nitrogens with one attached hydrogen (secondary N) is 1. The third-order valence-corrected chi connectivity index (χ3v) is 2.77. The molecular weight excluding hydrogens is 202 g/mol. The third-order valence-electron chi connectivity index (χ3n) is 2.57. The summed E-state index contributed by atoms with van der Waals surface area (Å²) in [5.74, 6) is 0.703. The second kappa shape index (κ2) is 3.71. The zero-order chi connectivity index (χ0) is 10.0. The van der Waals surface area contributed by atoms with Gasteiger partial charge in [0.25, 0.3) is 0 Å². The molecule has 1 aromatic rings. The standard InChI is InChI=1S/C9H12ClN3O/c10-7-1-2-8(13-12-7)11-5-9(6-14)3-4-9/h1-2,14H,3-6H2,(H,11,13). The van der Waals surface area contributed by atoms with E-state index in [0.29, 0.717) is 11.0 Å². The lowest BCUT2D eigenvalue weighted by Gasteiger charge is -2.12. The molecule has 0 radical (unpaired) electrons. The van der Waals surface area contributed by atoms with E-state index in [1.807, 2.05) is 0 Å². The van der Waals surface area contributed by atoms with Gasteiger partial charge in [0.2, 0.25) is 0 Å². The van der Waals surface area contributed by atoms with Gasteiger partial charge in [0, 0.05) is 12.0 Å². The predicted molar refractivity (Wildman–Crippen MR) is 54.3 cm³/mol. The molecule has 14 heavy (non-hydrogen) atoms. The summed E-state index contributed by atoms with van der Waals surface area (Å²) >= 11 is 5.60. The highest BCUT2D eigenvalue weighted by Gasteiger charge is 2.41. The number of anilines is 1. The topological polar surface area (TPSA) is 58.0 Å². The molecule has 1 aliphatic carbocycles. The largest absolute Gasteiger partial charge is 0.396 e. The van der Waals surface area contributed by atoms with Crippen LogP contribution in [-0.4, -0.2) is 28.5 Å². The monoisotopic (exact) mass is 213 g/mol. The summed E-state index contributed by atoms with van der Waals surface area (Å²) in [5, 5.41) is 20.2. The van der Waals surface area contributed by atoms with Gasteiger partial charge in [-0.3, -0.25) is 0 Å². The van der Waals surface area contributed by atoms with Crippen LogP contribution < -0.4 is 5.32 Å². The number of halogens is 1. The molecule has 0 unspecified atom stereocenters. The number of aliphatic hydroxyl groups excluding tert-OH is 1. The number of aliphatic hydroxyl groups is 1. The van der Waals surface area contributed by atoms with Crippen molar-refractivity contribution in [2.24, 2.45) is 5.41 Å². The molecule has 1 fully saturated rings. The summed E-state index contributed by atoms with van der Waals surface area (Å²) in [6.07, 6.45) is 2.16. The number of hydrogen-bond acceptors (Lipinski definition) is 4. The molecule has 1 saturated carbocycles.